The zero-order valence-corrected chi connectivity index (χ0v) is 16.5. The van der Waals surface area contributed by atoms with Gasteiger partial charge in [-0.2, -0.15) is 0 Å². The van der Waals surface area contributed by atoms with E-state index in [-0.39, 0.29) is 11.8 Å². The molecule has 2 heterocycles. The molecule has 2 aliphatic heterocycles. The Morgan fingerprint density at radius 3 is 3.00 bits per heavy atom. The number of hydrogen-bond donors (Lipinski definition) is 3. The molecule has 1 amide bonds. The second-order valence-corrected chi connectivity index (χ2v) is 7.38. The predicted molar refractivity (Wildman–Crippen MR) is 108 cm³/mol. The van der Waals surface area contributed by atoms with E-state index in [9.17, 15) is 4.79 Å². The second-order valence-electron chi connectivity index (χ2n) is 7.38. The number of morpholine rings is 1. The molecule has 7 nitrogen and oxygen atoms in total. The first-order valence-corrected chi connectivity index (χ1v) is 9.75. The highest BCUT2D eigenvalue weighted by Gasteiger charge is 2.26. The number of nitrogens with one attached hydrogen (secondary N) is 3. The van der Waals surface area contributed by atoms with Gasteiger partial charge in [-0.15, -0.1) is 0 Å². The Kier molecular flexibility index (Phi) is 6.68. The molecule has 0 aromatic heterocycles. The van der Waals surface area contributed by atoms with E-state index in [0.717, 1.165) is 38.0 Å². The number of carbonyl (C=O) groups excluding carboxylic acids is 1. The summed E-state index contributed by atoms with van der Waals surface area (Å²) in [4.78, 5) is 18.8. The summed E-state index contributed by atoms with van der Waals surface area (Å²) in [5.41, 5.74) is 2.09. The number of aliphatic imine (C=N–C) groups is 1. The van der Waals surface area contributed by atoms with E-state index < -0.39 is 0 Å². The molecular formula is C20H31N5O2. The van der Waals surface area contributed by atoms with Crippen molar-refractivity contribution >= 4 is 17.6 Å². The lowest BCUT2D eigenvalue weighted by Crippen LogP contribution is -2.53. The molecule has 148 valence electrons. The van der Waals surface area contributed by atoms with Gasteiger partial charge in [0, 0.05) is 56.8 Å². The van der Waals surface area contributed by atoms with Crippen LogP contribution < -0.4 is 16.0 Å². The van der Waals surface area contributed by atoms with Gasteiger partial charge in [0.05, 0.1) is 13.2 Å². The van der Waals surface area contributed by atoms with Crippen LogP contribution in [0.4, 0.5) is 5.69 Å². The quantitative estimate of drug-likeness (QED) is 0.537. The lowest BCUT2D eigenvalue weighted by Gasteiger charge is -2.38. The van der Waals surface area contributed by atoms with Crippen LogP contribution in [0.1, 0.15) is 31.7 Å². The maximum Gasteiger partial charge on any atom is 0.225 e. The number of para-hydroxylation sites is 1. The maximum absolute atomic E-state index is 12.0. The smallest absolute Gasteiger partial charge is 0.225 e. The Balaban J connectivity index is 1.52. The number of ether oxygens (including phenoxy) is 1. The first-order valence-electron chi connectivity index (χ1n) is 9.75. The Hall–Kier alpha value is -2.12. The normalized spacial score (nSPS) is 24.7. The zero-order valence-electron chi connectivity index (χ0n) is 16.5. The van der Waals surface area contributed by atoms with E-state index in [2.05, 4.69) is 45.8 Å². The minimum absolute atomic E-state index is 0.0679. The molecule has 27 heavy (non-hydrogen) atoms. The Morgan fingerprint density at radius 1 is 1.41 bits per heavy atom. The van der Waals surface area contributed by atoms with Crippen molar-refractivity contribution in [2.75, 3.05) is 45.2 Å². The number of fused-ring (bicyclic) bond motifs is 1. The summed E-state index contributed by atoms with van der Waals surface area (Å²) in [6.07, 6.45) is 0.489. The summed E-state index contributed by atoms with van der Waals surface area (Å²) in [5, 5.41) is 9.75. The van der Waals surface area contributed by atoms with Gasteiger partial charge in [0.25, 0.3) is 0 Å². The van der Waals surface area contributed by atoms with E-state index in [0.29, 0.717) is 25.0 Å². The van der Waals surface area contributed by atoms with Crippen molar-refractivity contribution in [3.63, 3.8) is 0 Å². The van der Waals surface area contributed by atoms with Crippen LogP contribution in [-0.2, 0) is 9.53 Å². The van der Waals surface area contributed by atoms with Crippen LogP contribution in [0, 0.1) is 0 Å². The number of benzene rings is 1. The molecule has 0 bridgehead atoms. The summed E-state index contributed by atoms with van der Waals surface area (Å²) in [6, 6.07) is 8.83. The third-order valence-corrected chi connectivity index (χ3v) is 5.40. The SMILES string of the molecule is CN=C(NCC1CC(=O)Nc2ccccc21)NCC(C)N1CCOCC1C. The van der Waals surface area contributed by atoms with Gasteiger partial charge < -0.3 is 20.7 Å². The molecule has 3 atom stereocenters. The van der Waals surface area contributed by atoms with Crippen LogP contribution >= 0.6 is 0 Å². The number of nitrogens with zero attached hydrogens (tertiary/aromatic N) is 2. The molecule has 1 saturated heterocycles. The van der Waals surface area contributed by atoms with Crippen molar-refractivity contribution < 1.29 is 9.53 Å². The van der Waals surface area contributed by atoms with Crippen LogP contribution in [0.2, 0.25) is 0 Å². The molecule has 1 fully saturated rings. The number of hydrogen-bond acceptors (Lipinski definition) is 4. The fraction of sp³-hybridized carbons (Fsp3) is 0.600. The molecule has 3 unspecified atom stereocenters. The lowest BCUT2D eigenvalue weighted by atomic mass is 9.90. The van der Waals surface area contributed by atoms with Crippen LogP contribution in [0.3, 0.4) is 0 Å². The number of guanidine groups is 1. The zero-order chi connectivity index (χ0) is 19.2. The number of anilines is 1. The van der Waals surface area contributed by atoms with Crippen molar-refractivity contribution in [3.8, 4) is 0 Å². The van der Waals surface area contributed by atoms with E-state index in [1.165, 1.54) is 5.56 Å². The maximum atomic E-state index is 12.0. The fourth-order valence-electron chi connectivity index (χ4n) is 3.88. The molecule has 7 heteroatoms. The van der Waals surface area contributed by atoms with Gasteiger partial charge in [-0.3, -0.25) is 14.7 Å². The van der Waals surface area contributed by atoms with Gasteiger partial charge in [-0.25, -0.2) is 0 Å². The Bertz CT molecular complexity index is 678. The van der Waals surface area contributed by atoms with Gasteiger partial charge in [0.1, 0.15) is 0 Å². The summed E-state index contributed by atoms with van der Waals surface area (Å²) < 4.78 is 5.52. The van der Waals surface area contributed by atoms with Crippen LogP contribution in [0.15, 0.2) is 29.3 Å². The highest BCUT2D eigenvalue weighted by atomic mass is 16.5. The molecular weight excluding hydrogens is 342 g/mol. The fourth-order valence-corrected chi connectivity index (χ4v) is 3.88. The van der Waals surface area contributed by atoms with Crippen LogP contribution in [-0.4, -0.2) is 68.7 Å². The Labute approximate surface area is 161 Å². The van der Waals surface area contributed by atoms with Gasteiger partial charge >= 0.3 is 0 Å². The topological polar surface area (TPSA) is 78.0 Å². The van der Waals surface area contributed by atoms with E-state index in [4.69, 9.17) is 4.74 Å². The van der Waals surface area contributed by atoms with E-state index in [1.54, 1.807) is 7.05 Å². The van der Waals surface area contributed by atoms with Crippen LogP contribution in [0.25, 0.3) is 0 Å². The van der Waals surface area contributed by atoms with Crippen molar-refractivity contribution in [1.29, 1.82) is 0 Å². The molecule has 0 radical (unpaired) electrons. The van der Waals surface area contributed by atoms with E-state index >= 15 is 0 Å². The standard InChI is InChI=1S/C20H31N5O2/c1-14(25-8-9-27-13-15(25)2)11-22-20(21-3)23-12-16-10-19(26)24-18-7-5-4-6-17(16)18/h4-7,14-16H,8-13H2,1-3H3,(H,24,26)(H2,21,22,23). The highest BCUT2D eigenvalue weighted by Crippen LogP contribution is 2.31. The summed E-state index contributed by atoms with van der Waals surface area (Å²) in [7, 11) is 1.78. The molecule has 1 aromatic rings. The van der Waals surface area contributed by atoms with Crippen molar-refractivity contribution in [2.24, 2.45) is 4.99 Å². The number of carbonyl (C=O) groups is 1. The first kappa shape index (κ1) is 19.6. The van der Waals surface area contributed by atoms with E-state index in [1.807, 2.05) is 18.2 Å². The number of amides is 1. The summed E-state index contributed by atoms with van der Waals surface area (Å²) in [5.74, 6) is 0.981. The van der Waals surface area contributed by atoms with Crippen molar-refractivity contribution in [1.82, 2.24) is 15.5 Å². The minimum Gasteiger partial charge on any atom is -0.379 e. The summed E-state index contributed by atoms with van der Waals surface area (Å²) >= 11 is 0. The number of rotatable bonds is 5. The molecule has 3 rings (SSSR count). The molecule has 0 saturated carbocycles. The third-order valence-electron chi connectivity index (χ3n) is 5.40. The predicted octanol–water partition coefficient (Wildman–Crippen LogP) is 1.39. The van der Waals surface area contributed by atoms with Crippen molar-refractivity contribution in [3.05, 3.63) is 29.8 Å². The second kappa shape index (κ2) is 9.19. The van der Waals surface area contributed by atoms with Gasteiger partial charge in [-0.1, -0.05) is 18.2 Å². The highest BCUT2D eigenvalue weighted by molar-refractivity contribution is 5.94. The largest absolute Gasteiger partial charge is 0.379 e. The first-order chi connectivity index (χ1) is 13.1. The molecule has 2 aliphatic rings. The van der Waals surface area contributed by atoms with Crippen molar-refractivity contribution in [2.45, 2.75) is 38.3 Å². The molecule has 1 aromatic carbocycles. The molecule has 3 N–H and O–H groups in total. The van der Waals surface area contributed by atoms with Gasteiger partial charge in [0.15, 0.2) is 5.96 Å². The average molecular weight is 374 g/mol. The van der Waals surface area contributed by atoms with Gasteiger partial charge in [0.2, 0.25) is 5.91 Å². The molecule has 0 aliphatic carbocycles. The summed E-state index contributed by atoms with van der Waals surface area (Å²) in [6.45, 7) is 8.46. The van der Waals surface area contributed by atoms with Crippen LogP contribution in [0.5, 0.6) is 0 Å². The minimum atomic E-state index is 0.0679. The lowest BCUT2D eigenvalue weighted by molar-refractivity contribution is -0.116. The monoisotopic (exact) mass is 373 g/mol. The Morgan fingerprint density at radius 2 is 2.22 bits per heavy atom. The molecule has 0 spiro atoms. The van der Waals surface area contributed by atoms with Gasteiger partial charge in [-0.05, 0) is 25.5 Å². The third kappa shape index (κ3) is 4.99. The average Bonchev–Trinajstić information content (AvgIpc) is 2.68.